The molecule has 3 unspecified atom stereocenters. The number of quaternary nitrogens is 1. The Morgan fingerprint density at radius 2 is 0.764 bits per heavy atom. The summed E-state index contributed by atoms with van der Waals surface area (Å²) in [5.74, 6) is -0.186. The molecule has 3 N–H and O–H groups in total. The smallest absolute Gasteiger partial charge is 0.387 e. The van der Waals surface area contributed by atoms with Crippen molar-refractivity contribution in [2.45, 2.75) is 321 Å². The number of phosphoric ester groups is 1. The summed E-state index contributed by atoms with van der Waals surface area (Å²) in [6, 6.07) is -0.867. The van der Waals surface area contributed by atoms with E-state index in [0.29, 0.717) is 17.4 Å². The molecular weight excluding hydrogens is 912 g/mol. The van der Waals surface area contributed by atoms with Crippen LogP contribution in [0.1, 0.15) is 309 Å². The summed E-state index contributed by atoms with van der Waals surface area (Å²) in [6.07, 6.45) is 71.5. The second-order valence-electron chi connectivity index (χ2n) is 22.8. The zero-order chi connectivity index (χ0) is 52.7. The molecule has 72 heavy (non-hydrogen) atoms. The molecule has 0 radical (unpaired) electrons. The minimum absolute atomic E-state index is 0.0549. The third kappa shape index (κ3) is 56.4. The van der Waals surface area contributed by atoms with E-state index in [1.54, 1.807) is 6.08 Å². The van der Waals surface area contributed by atoms with E-state index in [1.165, 1.54) is 244 Å². The van der Waals surface area contributed by atoms with E-state index >= 15 is 0 Å². The molecule has 0 aliphatic rings. The van der Waals surface area contributed by atoms with Crippen molar-refractivity contribution in [3.8, 4) is 0 Å². The van der Waals surface area contributed by atoms with Crippen molar-refractivity contribution >= 4 is 13.7 Å². The summed E-state index contributed by atoms with van der Waals surface area (Å²) in [5, 5.41) is 13.9. The molecule has 0 aromatic carbocycles. The van der Waals surface area contributed by atoms with Crippen LogP contribution in [0, 0.1) is 0 Å². The lowest BCUT2D eigenvalue weighted by atomic mass is 10.0. The highest BCUT2D eigenvalue weighted by Crippen LogP contribution is 2.43. The van der Waals surface area contributed by atoms with Crippen molar-refractivity contribution in [2.24, 2.45) is 0 Å². The van der Waals surface area contributed by atoms with Crippen LogP contribution in [0.3, 0.4) is 0 Å². The fraction of sp³-hybridized carbons (Fsp3) is 0.889. The van der Waals surface area contributed by atoms with E-state index in [2.05, 4.69) is 43.5 Å². The molecular formula is C63H124N2O6P+. The Hall–Kier alpha value is -1.28. The van der Waals surface area contributed by atoms with Crippen LogP contribution in [0.5, 0.6) is 0 Å². The number of aliphatic hydroxyl groups is 1. The molecule has 426 valence electrons. The molecule has 0 spiro atoms. The number of likely N-dealkylation sites (N-methyl/N-ethyl adjacent to an activating group) is 1. The van der Waals surface area contributed by atoms with Crippen molar-refractivity contribution < 1.29 is 32.9 Å². The Balaban J connectivity index is 3.93. The maximum atomic E-state index is 13.0. The number of amides is 1. The van der Waals surface area contributed by atoms with Gasteiger partial charge in [0.1, 0.15) is 13.2 Å². The number of rotatable bonds is 58. The number of hydrogen-bond donors (Lipinski definition) is 3. The first-order valence-corrected chi connectivity index (χ1v) is 32.9. The summed E-state index contributed by atoms with van der Waals surface area (Å²) in [6.45, 7) is 4.80. The Kier molecular flexibility index (Phi) is 53.5. The number of nitrogens with zero attached hydrogens (tertiary/aromatic N) is 1. The largest absolute Gasteiger partial charge is 0.472 e. The first-order valence-electron chi connectivity index (χ1n) is 31.4. The summed E-state index contributed by atoms with van der Waals surface area (Å²) < 4.78 is 23.7. The van der Waals surface area contributed by atoms with Gasteiger partial charge in [-0.25, -0.2) is 4.57 Å². The highest BCUT2D eigenvalue weighted by molar-refractivity contribution is 7.47. The van der Waals surface area contributed by atoms with Gasteiger partial charge in [0.2, 0.25) is 5.91 Å². The van der Waals surface area contributed by atoms with Gasteiger partial charge in [0.05, 0.1) is 39.9 Å². The molecule has 0 fully saturated rings. The Bertz CT molecular complexity index is 1270. The first kappa shape index (κ1) is 70.7. The SMILES string of the molecule is CCCCCC/C=C/CC/C=C/CC/C=C/C(O)C(COP(=O)(O)OCC[N+](C)(C)C)NC(=O)CCCCCCCCCCCCCCCCCCCCCCCCCCCCCCCCCCCCCC. The fourth-order valence-corrected chi connectivity index (χ4v) is 10.2. The van der Waals surface area contributed by atoms with Gasteiger partial charge in [0.15, 0.2) is 0 Å². The Morgan fingerprint density at radius 3 is 1.11 bits per heavy atom. The minimum atomic E-state index is -4.35. The number of nitrogens with one attached hydrogen (secondary N) is 1. The van der Waals surface area contributed by atoms with Crippen LogP contribution >= 0.6 is 7.82 Å². The zero-order valence-electron chi connectivity index (χ0n) is 48.7. The molecule has 3 atom stereocenters. The van der Waals surface area contributed by atoms with Gasteiger partial charge in [-0.15, -0.1) is 0 Å². The van der Waals surface area contributed by atoms with Crippen LogP contribution in [-0.2, 0) is 18.4 Å². The Labute approximate surface area is 448 Å². The lowest BCUT2D eigenvalue weighted by Gasteiger charge is -2.25. The fourth-order valence-electron chi connectivity index (χ4n) is 9.43. The number of unbranched alkanes of at least 4 members (excludes halogenated alkanes) is 41. The quantitative estimate of drug-likeness (QED) is 0.0243. The molecule has 1 amide bonds. The number of phosphoric acid groups is 1. The van der Waals surface area contributed by atoms with Gasteiger partial charge in [0, 0.05) is 6.42 Å². The molecule has 0 heterocycles. The number of carbonyl (C=O) groups excluding carboxylic acids is 1. The van der Waals surface area contributed by atoms with Crippen molar-refractivity contribution in [2.75, 3.05) is 40.9 Å². The molecule has 8 nitrogen and oxygen atoms in total. The Morgan fingerprint density at radius 1 is 0.458 bits per heavy atom. The highest BCUT2D eigenvalue weighted by Gasteiger charge is 2.27. The zero-order valence-corrected chi connectivity index (χ0v) is 49.6. The normalized spacial score (nSPS) is 14.0. The summed E-state index contributed by atoms with van der Waals surface area (Å²) in [5.41, 5.74) is 0. The molecule has 0 aliphatic heterocycles. The van der Waals surface area contributed by atoms with Crippen LogP contribution in [-0.4, -0.2) is 73.4 Å². The maximum Gasteiger partial charge on any atom is 0.472 e. The maximum absolute atomic E-state index is 13.0. The van der Waals surface area contributed by atoms with E-state index in [-0.39, 0.29) is 19.1 Å². The molecule has 0 saturated carbocycles. The second kappa shape index (κ2) is 54.5. The molecule has 0 saturated heterocycles. The van der Waals surface area contributed by atoms with Crippen molar-refractivity contribution in [3.63, 3.8) is 0 Å². The second-order valence-corrected chi connectivity index (χ2v) is 24.2. The number of allylic oxidation sites excluding steroid dienone is 5. The highest BCUT2D eigenvalue weighted by atomic mass is 31.2. The number of aliphatic hydroxyl groups excluding tert-OH is 1. The van der Waals surface area contributed by atoms with E-state index in [1.807, 2.05) is 27.2 Å². The summed E-state index contributed by atoms with van der Waals surface area (Å²) in [4.78, 5) is 23.3. The van der Waals surface area contributed by atoms with Gasteiger partial charge in [-0.05, 0) is 44.9 Å². The predicted octanol–water partition coefficient (Wildman–Crippen LogP) is 19.3. The lowest BCUT2D eigenvalue weighted by Crippen LogP contribution is -2.45. The van der Waals surface area contributed by atoms with Crippen molar-refractivity contribution in [3.05, 3.63) is 36.5 Å². The van der Waals surface area contributed by atoms with E-state index in [9.17, 15) is 19.4 Å². The predicted molar refractivity (Wildman–Crippen MR) is 314 cm³/mol. The van der Waals surface area contributed by atoms with E-state index < -0.39 is 20.0 Å². The van der Waals surface area contributed by atoms with Gasteiger partial charge in [-0.2, -0.15) is 0 Å². The van der Waals surface area contributed by atoms with Crippen LogP contribution in [0.25, 0.3) is 0 Å². The average Bonchev–Trinajstić information content (AvgIpc) is 3.34. The molecule has 0 aromatic heterocycles. The van der Waals surface area contributed by atoms with Gasteiger partial charge in [0.25, 0.3) is 0 Å². The number of hydrogen-bond acceptors (Lipinski definition) is 5. The molecule has 9 heteroatoms. The molecule has 0 rings (SSSR count). The minimum Gasteiger partial charge on any atom is -0.387 e. The van der Waals surface area contributed by atoms with Crippen molar-refractivity contribution in [1.29, 1.82) is 0 Å². The van der Waals surface area contributed by atoms with Gasteiger partial charge >= 0.3 is 7.82 Å². The third-order valence-corrected chi connectivity index (χ3v) is 15.3. The molecule has 0 bridgehead atoms. The van der Waals surface area contributed by atoms with E-state index in [4.69, 9.17) is 9.05 Å². The van der Waals surface area contributed by atoms with E-state index in [0.717, 1.165) is 44.9 Å². The van der Waals surface area contributed by atoms with Crippen LogP contribution in [0.4, 0.5) is 0 Å². The summed E-state index contributed by atoms with van der Waals surface area (Å²) >= 11 is 0. The third-order valence-electron chi connectivity index (χ3n) is 14.3. The van der Waals surface area contributed by atoms with Crippen LogP contribution < -0.4 is 5.32 Å². The standard InChI is InChI=1S/C63H123N2O6P/c1-6-8-10-12-14-16-18-20-22-23-24-25-26-27-28-29-30-31-32-33-34-35-36-37-38-39-40-41-42-43-45-47-49-51-53-55-57-63(67)64-61(60-71-72(68,69)70-59-58-65(3,4)5)62(66)56-54-52-50-48-46-44-21-19-17-15-13-11-9-7-2/h17,19,46,48,54,56,61-62,66H,6-16,18,20-45,47,49-53,55,57-60H2,1-5H3,(H-,64,67,68,69)/p+1/b19-17+,48-46+,56-54+. The molecule has 0 aromatic rings. The monoisotopic (exact) mass is 1040 g/mol. The van der Waals surface area contributed by atoms with Gasteiger partial charge in [-0.3, -0.25) is 13.8 Å². The van der Waals surface area contributed by atoms with Gasteiger partial charge < -0.3 is 19.8 Å². The lowest BCUT2D eigenvalue weighted by molar-refractivity contribution is -0.870. The average molecular weight is 1040 g/mol. The molecule has 0 aliphatic carbocycles. The first-order chi connectivity index (χ1) is 35.0. The van der Waals surface area contributed by atoms with Crippen LogP contribution in [0.15, 0.2) is 36.5 Å². The summed E-state index contributed by atoms with van der Waals surface area (Å²) in [7, 11) is 1.56. The van der Waals surface area contributed by atoms with Crippen molar-refractivity contribution in [1.82, 2.24) is 5.32 Å². The van der Waals surface area contributed by atoms with Crippen LogP contribution in [0.2, 0.25) is 0 Å². The van der Waals surface area contributed by atoms with Gasteiger partial charge in [-0.1, -0.05) is 294 Å². The number of carbonyl (C=O) groups is 1. The topological polar surface area (TPSA) is 105 Å².